The lowest BCUT2D eigenvalue weighted by atomic mass is 9.92. The number of amides is 2. The molecule has 2 N–H and O–H groups in total. The van der Waals surface area contributed by atoms with Gasteiger partial charge in [0.25, 0.3) is 11.8 Å². The Morgan fingerprint density at radius 1 is 0.974 bits per heavy atom. The number of hydrogen-bond acceptors (Lipinski definition) is 4. The van der Waals surface area contributed by atoms with E-state index < -0.39 is 0 Å². The van der Waals surface area contributed by atoms with Crippen molar-refractivity contribution in [3.05, 3.63) is 96.1 Å². The topological polar surface area (TPSA) is 92.2 Å². The molecule has 3 heterocycles. The molecule has 8 nitrogen and oxygen atoms in total. The molecule has 1 aliphatic heterocycles. The van der Waals surface area contributed by atoms with E-state index in [1.165, 1.54) is 0 Å². The average molecular weight is 512 g/mol. The first-order valence-electron chi connectivity index (χ1n) is 12.9. The summed E-state index contributed by atoms with van der Waals surface area (Å²) in [7, 11) is 0. The molecule has 4 aromatic rings. The number of likely N-dealkylation sites (tertiary alicyclic amines) is 1. The normalized spacial score (nSPS) is 14.3. The van der Waals surface area contributed by atoms with E-state index in [4.69, 9.17) is 4.74 Å². The molecule has 2 aromatic heterocycles. The summed E-state index contributed by atoms with van der Waals surface area (Å²) in [6.45, 7) is 7.59. The predicted molar refractivity (Wildman–Crippen MR) is 147 cm³/mol. The number of aromatic amines is 1. The third-order valence-electron chi connectivity index (χ3n) is 6.82. The van der Waals surface area contributed by atoms with E-state index in [2.05, 4.69) is 36.2 Å². The first-order chi connectivity index (χ1) is 18.3. The molecule has 0 saturated carbocycles. The van der Waals surface area contributed by atoms with Crippen LogP contribution in [0, 0.1) is 0 Å². The van der Waals surface area contributed by atoms with Crippen molar-refractivity contribution in [2.24, 2.45) is 0 Å². The molecule has 5 rings (SSSR count). The van der Waals surface area contributed by atoms with Crippen LogP contribution in [0.25, 0.3) is 0 Å². The maximum Gasteiger partial charge on any atom is 0.257 e. The van der Waals surface area contributed by atoms with Gasteiger partial charge in [-0.25, -0.2) is 0 Å². The lowest BCUT2D eigenvalue weighted by Crippen LogP contribution is -2.39. The number of piperidine rings is 1. The van der Waals surface area contributed by atoms with Gasteiger partial charge >= 0.3 is 0 Å². The number of para-hydroxylation sites is 1. The van der Waals surface area contributed by atoms with Crippen molar-refractivity contribution in [3.8, 4) is 11.5 Å². The van der Waals surface area contributed by atoms with Crippen molar-refractivity contribution in [1.82, 2.24) is 19.7 Å². The molecule has 1 aliphatic rings. The maximum atomic E-state index is 13.0. The van der Waals surface area contributed by atoms with E-state index in [1.54, 1.807) is 12.4 Å². The fourth-order valence-corrected chi connectivity index (χ4v) is 4.57. The minimum Gasteiger partial charge on any atom is -0.457 e. The summed E-state index contributed by atoms with van der Waals surface area (Å²) < 4.78 is 7.72. The third kappa shape index (κ3) is 5.80. The molecule has 1 saturated heterocycles. The molecule has 0 bridgehead atoms. The number of anilines is 1. The number of benzene rings is 2. The second-order valence-corrected chi connectivity index (χ2v) is 10.7. The number of ether oxygens (including phenoxy) is 1. The Bertz CT molecular complexity index is 1390. The van der Waals surface area contributed by atoms with Crippen molar-refractivity contribution >= 4 is 17.5 Å². The van der Waals surface area contributed by atoms with Crippen molar-refractivity contribution in [1.29, 1.82) is 0 Å². The van der Waals surface area contributed by atoms with E-state index in [0.717, 1.165) is 24.3 Å². The lowest BCUT2D eigenvalue weighted by molar-refractivity contribution is 0.0689. The minimum absolute atomic E-state index is 0.0178. The van der Waals surface area contributed by atoms with Gasteiger partial charge in [-0.2, -0.15) is 5.10 Å². The SMILES string of the molecule is CC(C)(C)c1cc(C(=O)Nc2cnn(C3CCN(C(=O)c4ccc(Oc5ccccc5)cc4)CC3)c2)c[nH]1. The van der Waals surface area contributed by atoms with Gasteiger partial charge in [-0.1, -0.05) is 39.0 Å². The summed E-state index contributed by atoms with van der Waals surface area (Å²) in [5.41, 5.74) is 2.85. The number of rotatable bonds is 6. The quantitative estimate of drug-likeness (QED) is 0.331. The van der Waals surface area contributed by atoms with Crippen molar-refractivity contribution in [3.63, 3.8) is 0 Å². The number of aromatic nitrogens is 3. The van der Waals surface area contributed by atoms with Crippen LogP contribution in [-0.2, 0) is 5.41 Å². The highest BCUT2D eigenvalue weighted by Gasteiger charge is 2.25. The number of carbonyl (C=O) groups is 2. The van der Waals surface area contributed by atoms with Crippen molar-refractivity contribution < 1.29 is 14.3 Å². The molecule has 2 amide bonds. The summed E-state index contributed by atoms with van der Waals surface area (Å²) in [4.78, 5) is 30.8. The van der Waals surface area contributed by atoms with Crippen LogP contribution < -0.4 is 10.1 Å². The van der Waals surface area contributed by atoms with Crippen LogP contribution in [-0.4, -0.2) is 44.6 Å². The van der Waals surface area contributed by atoms with E-state index in [0.29, 0.717) is 35.7 Å². The fraction of sp³-hybridized carbons (Fsp3) is 0.300. The molecule has 8 heteroatoms. The zero-order valence-corrected chi connectivity index (χ0v) is 22.0. The summed E-state index contributed by atoms with van der Waals surface area (Å²) >= 11 is 0. The number of nitrogens with zero attached hydrogens (tertiary/aromatic N) is 3. The monoisotopic (exact) mass is 511 g/mol. The number of hydrogen-bond donors (Lipinski definition) is 2. The molecular weight excluding hydrogens is 478 g/mol. The van der Waals surface area contributed by atoms with E-state index in [-0.39, 0.29) is 23.3 Å². The first-order valence-corrected chi connectivity index (χ1v) is 12.9. The smallest absolute Gasteiger partial charge is 0.257 e. The highest BCUT2D eigenvalue weighted by Crippen LogP contribution is 2.26. The number of carbonyl (C=O) groups excluding carboxylic acids is 2. The first kappa shape index (κ1) is 25.3. The van der Waals surface area contributed by atoms with Crippen molar-refractivity contribution in [2.75, 3.05) is 18.4 Å². The Hall–Kier alpha value is -4.33. The molecule has 0 spiro atoms. The fourth-order valence-electron chi connectivity index (χ4n) is 4.57. The van der Waals surface area contributed by atoms with E-state index in [1.807, 2.05) is 76.4 Å². The average Bonchev–Trinajstić information content (AvgIpc) is 3.60. The van der Waals surface area contributed by atoms with Crippen LogP contribution in [0.1, 0.15) is 66.1 Å². The van der Waals surface area contributed by atoms with Gasteiger partial charge in [0.15, 0.2) is 0 Å². The Kier molecular flexibility index (Phi) is 7.05. The Labute approximate surface area is 222 Å². The standard InChI is InChI=1S/C30H33N5O3/c1-30(2,3)27-17-22(18-31-27)28(36)33-23-19-32-35(20-23)24-13-15-34(16-14-24)29(37)21-9-11-26(12-10-21)38-25-7-5-4-6-8-25/h4-12,17-20,24,31H,13-16H2,1-3H3,(H,33,36). The predicted octanol–water partition coefficient (Wildman–Crippen LogP) is 6.03. The maximum absolute atomic E-state index is 13.0. The van der Waals surface area contributed by atoms with Gasteiger partial charge < -0.3 is 19.9 Å². The molecule has 0 atom stereocenters. The van der Waals surface area contributed by atoms with Crippen LogP contribution in [0.5, 0.6) is 11.5 Å². The van der Waals surface area contributed by atoms with E-state index in [9.17, 15) is 9.59 Å². The van der Waals surface area contributed by atoms with Crippen LogP contribution in [0.2, 0.25) is 0 Å². The summed E-state index contributed by atoms with van der Waals surface area (Å²) in [5.74, 6) is 1.30. The second-order valence-electron chi connectivity index (χ2n) is 10.7. The molecule has 1 fully saturated rings. The van der Waals surface area contributed by atoms with Gasteiger partial charge in [0, 0.05) is 42.2 Å². The summed E-state index contributed by atoms with van der Waals surface area (Å²) in [5, 5.41) is 7.41. The zero-order chi connectivity index (χ0) is 26.7. The summed E-state index contributed by atoms with van der Waals surface area (Å²) in [6.07, 6.45) is 6.86. The van der Waals surface area contributed by atoms with Gasteiger partial charge in [0.2, 0.25) is 0 Å². The number of H-pyrrole nitrogens is 1. The third-order valence-corrected chi connectivity index (χ3v) is 6.82. The van der Waals surface area contributed by atoms with Crippen LogP contribution in [0.4, 0.5) is 5.69 Å². The van der Waals surface area contributed by atoms with Gasteiger partial charge in [0.05, 0.1) is 23.5 Å². The molecule has 38 heavy (non-hydrogen) atoms. The van der Waals surface area contributed by atoms with Crippen LogP contribution in [0.15, 0.2) is 79.3 Å². The largest absolute Gasteiger partial charge is 0.457 e. The van der Waals surface area contributed by atoms with Crippen molar-refractivity contribution in [2.45, 2.75) is 45.1 Å². The highest BCUT2D eigenvalue weighted by atomic mass is 16.5. The summed E-state index contributed by atoms with van der Waals surface area (Å²) in [6, 6.07) is 18.9. The Morgan fingerprint density at radius 2 is 1.66 bits per heavy atom. The molecule has 196 valence electrons. The van der Waals surface area contributed by atoms with Gasteiger partial charge in [-0.3, -0.25) is 14.3 Å². The van der Waals surface area contributed by atoms with E-state index >= 15 is 0 Å². The number of nitrogens with one attached hydrogen (secondary N) is 2. The second kappa shape index (κ2) is 10.6. The molecule has 0 radical (unpaired) electrons. The van der Waals surface area contributed by atoms with Gasteiger partial charge in [0.1, 0.15) is 11.5 Å². The molecular formula is C30H33N5O3. The molecule has 0 aliphatic carbocycles. The Balaban J connectivity index is 1.13. The molecule has 0 unspecified atom stereocenters. The van der Waals surface area contributed by atoms with Crippen LogP contribution in [0.3, 0.4) is 0 Å². The van der Waals surface area contributed by atoms with Gasteiger partial charge in [-0.15, -0.1) is 0 Å². The molecule has 2 aromatic carbocycles. The highest BCUT2D eigenvalue weighted by molar-refractivity contribution is 6.04. The minimum atomic E-state index is -0.170. The Morgan fingerprint density at radius 3 is 2.32 bits per heavy atom. The zero-order valence-electron chi connectivity index (χ0n) is 22.0. The van der Waals surface area contributed by atoms with Gasteiger partial charge in [-0.05, 0) is 55.3 Å². The van der Waals surface area contributed by atoms with Crippen LogP contribution >= 0.6 is 0 Å². The lowest BCUT2D eigenvalue weighted by Gasteiger charge is -2.32.